The molecular formula is C14H14F3N3. The maximum Gasteiger partial charge on any atom is 0.410 e. The number of rotatable bonds is 1. The van der Waals surface area contributed by atoms with E-state index in [-0.39, 0.29) is 12.5 Å². The van der Waals surface area contributed by atoms with Crippen molar-refractivity contribution < 1.29 is 13.2 Å². The van der Waals surface area contributed by atoms with Crippen molar-refractivity contribution >= 4 is 5.82 Å². The van der Waals surface area contributed by atoms with E-state index in [9.17, 15) is 13.2 Å². The third kappa shape index (κ3) is 2.26. The Labute approximate surface area is 114 Å². The van der Waals surface area contributed by atoms with Gasteiger partial charge in [0.2, 0.25) is 0 Å². The molecule has 6 heteroatoms. The second kappa shape index (κ2) is 4.54. The van der Waals surface area contributed by atoms with Crippen LogP contribution in [-0.4, -0.2) is 16.0 Å². The largest absolute Gasteiger partial charge is 0.410 e. The van der Waals surface area contributed by atoms with E-state index in [1.165, 1.54) is 6.20 Å². The van der Waals surface area contributed by atoms with Crippen molar-refractivity contribution in [2.24, 2.45) is 0 Å². The number of alkyl halides is 3. The summed E-state index contributed by atoms with van der Waals surface area (Å²) in [5, 5.41) is 6.90. The lowest BCUT2D eigenvalue weighted by atomic mass is 9.96. The highest BCUT2D eigenvalue weighted by Gasteiger charge is 2.46. The first-order chi connectivity index (χ1) is 9.45. The van der Waals surface area contributed by atoms with Gasteiger partial charge in [-0.25, -0.2) is 4.68 Å². The van der Waals surface area contributed by atoms with Crippen molar-refractivity contribution in [2.75, 3.05) is 5.32 Å². The van der Waals surface area contributed by atoms with Crippen molar-refractivity contribution in [2.45, 2.75) is 31.6 Å². The van der Waals surface area contributed by atoms with E-state index in [0.717, 1.165) is 15.8 Å². The lowest BCUT2D eigenvalue weighted by molar-refractivity contribution is -0.173. The SMILES string of the molecule is Cc1ccc(C2CC(C(F)(F)F)n3nccc3N2)cc1. The fourth-order valence-electron chi connectivity index (χ4n) is 2.53. The van der Waals surface area contributed by atoms with E-state index in [1.54, 1.807) is 6.07 Å². The molecule has 2 heterocycles. The number of aromatic nitrogens is 2. The molecule has 1 aromatic carbocycles. The van der Waals surface area contributed by atoms with Gasteiger partial charge in [-0.1, -0.05) is 29.8 Å². The van der Waals surface area contributed by atoms with Crippen LogP contribution >= 0.6 is 0 Å². The standard InChI is InChI=1S/C14H14F3N3/c1-9-2-4-10(5-3-9)11-8-12(14(15,16)17)20-13(19-11)6-7-18-20/h2-7,11-12,19H,8H2,1H3. The number of fused-ring (bicyclic) bond motifs is 1. The molecule has 3 rings (SSSR count). The van der Waals surface area contributed by atoms with Crippen molar-refractivity contribution in [1.29, 1.82) is 0 Å². The molecule has 0 saturated carbocycles. The van der Waals surface area contributed by atoms with Crippen LogP contribution in [0, 0.1) is 6.92 Å². The first-order valence-electron chi connectivity index (χ1n) is 6.38. The molecule has 0 amide bonds. The summed E-state index contributed by atoms with van der Waals surface area (Å²) in [5.74, 6) is 0.407. The van der Waals surface area contributed by atoms with E-state index >= 15 is 0 Å². The number of halogens is 3. The summed E-state index contributed by atoms with van der Waals surface area (Å²) in [6, 6.07) is 7.18. The summed E-state index contributed by atoms with van der Waals surface area (Å²) in [7, 11) is 0. The van der Waals surface area contributed by atoms with Crippen LogP contribution in [0.4, 0.5) is 19.0 Å². The maximum atomic E-state index is 13.2. The highest BCUT2D eigenvalue weighted by molar-refractivity contribution is 5.41. The first-order valence-corrected chi connectivity index (χ1v) is 6.38. The second-order valence-corrected chi connectivity index (χ2v) is 5.06. The smallest absolute Gasteiger partial charge is 0.363 e. The topological polar surface area (TPSA) is 29.9 Å². The highest BCUT2D eigenvalue weighted by atomic mass is 19.4. The molecule has 2 atom stereocenters. The fraction of sp³-hybridized carbons (Fsp3) is 0.357. The second-order valence-electron chi connectivity index (χ2n) is 5.06. The summed E-state index contributed by atoms with van der Waals surface area (Å²) < 4.78 is 40.5. The van der Waals surface area contributed by atoms with E-state index in [1.807, 2.05) is 31.2 Å². The summed E-state index contributed by atoms with van der Waals surface area (Å²) in [5.41, 5.74) is 1.94. The van der Waals surface area contributed by atoms with Crippen molar-refractivity contribution in [3.8, 4) is 0 Å². The molecule has 2 unspecified atom stereocenters. The first kappa shape index (κ1) is 13.0. The molecule has 1 aromatic heterocycles. The fourth-order valence-corrected chi connectivity index (χ4v) is 2.53. The van der Waals surface area contributed by atoms with Crippen LogP contribution in [0.15, 0.2) is 36.5 Å². The minimum atomic E-state index is -4.30. The van der Waals surface area contributed by atoms with Crippen LogP contribution in [-0.2, 0) is 0 Å². The van der Waals surface area contributed by atoms with Gasteiger partial charge in [0.15, 0.2) is 6.04 Å². The molecule has 0 aliphatic carbocycles. The molecule has 2 aromatic rings. The Morgan fingerprint density at radius 3 is 2.55 bits per heavy atom. The number of benzene rings is 1. The van der Waals surface area contributed by atoms with Gasteiger partial charge in [0.1, 0.15) is 5.82 Å². The average molecular weight is 281 g/mol. The Morgan fingerprint density at radius 1 is 1.20 bits per heavy atom. The number of nitrogens with zero attached hydrogens (tertiary/aromatic N) is 2. The van der Waals surface area contributed by atoms with Gasteiger partial charge in [0, 0.05) is 12.5 Å². The van der Waals surface area contributed by atoms with Crippen LogP contribution in [0.25, 0.3) is 0 Å². The zero-order valence-electron chi connectivity index (χ0n) is 10.9. The van der Waals surface area contributed by atoms with E-state index in [0.29, 0.717) is 5.82 Å². The number of anilines is 1. The number of aryl methyl sites for hydroxylation is 1. The van der Waals surface area contributed by atoms with Gasteiger partial charge in [0.25, 0.3) is 0 Å². The van der Waals surface area contributed by atoms with Gasteiger partial charge in [-0.15, -0.1) is 0 Å². The number of nitrogens with one attached hydrogen (secondary N) is 1. The van der Waals surface area contributed by atoms with Gasteiger partial charge in [-0.05, 0) is 12.5 Å². The molecule has 0 spiro atoms. The van der Waals surface area contributed by atoms with Crippen LogP contribution in [0.5, 0.6) is 0 Å². The van der Waals surface area contributed by atoms with Gasteiger partial charge in [0.05, 0.1) is 12.2 Å². The number of hydrogen-bond donors (Lipinski definition) is 1. The third-order valence-corrected chi connectivity index (χ3v) is 3.60. The quantitative estimate of drug-likeness (QED) is 0.860. The molecule has 106 valence electrons. The van der Waals surface area contributed by atoms with Gasteiger partial charge >= 0.3 is 6.18 Å². The van der Waals surface area contributed by atoms with Crippen molar-refractivity contribution in [3.63, 3.8) is 0 Å². The predicted molar refractivity (Wildman–Crippen MR) is 69.5 cm³/mol. The Morgan fingerprint density at radius 2 is 1.90 bits per heavy atom. The van der Waals surface area contributed by atoms with Crippen molar-refractivity contribution in [3.05, 3.63) is 47.7 Å². The Balaban J connectivity index is 1.95. The van der Waals surface area contributed by atoms with E-state index in [2.05, 4.69) is 10.4 Å². The lowest BCUT2D eigenvalue weighted by Crippen LogP contribution is -2.35. The normalized spacial score (nSPS) is 22.2. The lowest BCUT2D eigenvalue weighted by Gasteiger charge is -2.33. The minimum Gasteiger partial charge on any atom is -0.363 e. The maximum absolute atomic E-state index is 13.2. The van der Waals surface area contributed by atoms with E-state index < -0.39 is 12.2 Å². The van der Waals surface area contributed by atoms with Crippen molar-refractivity contribution in [1.82, 2.24) is 9.78 Å². The Bertz CT molecular complexity index is 601. The van der Waals surface area contributed by atoms with Gasteiger partial charge < -0.3 is 5.32 Å². The summed E-state index contributed by atoms with van der Waals surface area (Å²) in [6.45, 7) is 1.95. The molecule has 1 N–H and O–H groups in total. The number of hydrogen-bond acceptors (Lipinski definition) is 2. The molecule has 0 saturated heterocycles. The Kier molecular flexibility index (Phi) is 2.96. The minimum absolute atomic E-state index is 0.0543. The highest BCUT2D eigenvalue weighted by Crippen LogP contribution is 2.43. The molecule has 3 nitrogen and oxygen atoms in total. The monoisotopic (exact) mass is 281 g/mol. The van der Waals surface area contributed by atoms with E-state index in [4.69, 9.17) is 0 Å². The molecule has 1 aliphatic heterocycles. The average Bonchev–Trinajstić information content (AvgIpc) is 2.85. The zero-order chi connectivity index (χ0) is 14.3. The zero-order valence-corrected chi connectivity index (χ0v) is 10.9. The van der Waals surface area contributed by atoms with Crippen LogP contribution < -0.4 is 5.32 Å². The molecule has 0 radical (unpaired) electrons. The molecule has 1 aliphatic rings. The molecule has 0 bridgehead atoms. The third-order valence-electron chi connectivity index (χ3n) is 3.60. The molecule has 0 fully saturated rings. The van der Waals surface area contributed by atoms with Crippen LogP contribution in [0.1, 0.15) is 29.6 Å². The summed E-state index contributed by atoms with van der Waals surface area (Å²) in [4.78, 5) is 0. The Hall–Kier alpha value is -1.98. The molecule has 20 heavy (non-hydrogen) atoms. The predicted octanol–water partition coefficient (Wildman–Crippen LogP) is 3.85. The van der Waals surface area contributed by atoms with Gasteiger partial charge in [-0.3, -0.25) is 0 Å². The molecular weight excluding hydrogens is 267 g/mol. The van der Waals surface area contributed by atoms with Crippen LogP contribution in [0.2, 0.25) is 0 Å². The summed E-state index contributed by atoms with van der Waals surface area (Å²) in [6.07, 6.45) is -2.97. The van der Waals surface area contributed by atoms with Gasteiger partial charge in [-0.2, -0.15) is 18.3 Å². The van der Waals surface area contributed by atoms with Crippen LogP contribution in [0.3, 0.4) is 0 Å². The summed E-state index contributed by atoms with van der Waals surface area (Å²) >= 11 is 0.